The Bertz CT molecular complexity index is 1290. The maximum Gasteiger partial charge on any atom is 0.264 e. The molecule has 1 aromatic heterocycles. The standard InChI is InChI=1S/C19H13ClFN3O3S2/c20-13-6-3-5-12(18(13)21)11-28-16-9-2-1-7-14(16)24-29(25,26)17-10-4-8-15-19(17)23-27-22-15/h1-10,24H,11H2. The summed E-state index contributed by atoms with van der Waals surface area (Å²) in [4.78, 5) is 0.595. The molecule has 1 heterocycles. The van der Waals surface area contributed by atoms with Gasteiger partial charge >= 0.3 is 0 Å². The van der Waals surface area contributed by atoms with Crippen molar-refractivity contribution in [1.29, 1.82) is 0 Å². The van der Waals surface area contributed by atoms with E-state index in [0.717, 1.165) is 0 Å². The van der Waals surface area contributed by atoms with Gasteiger partial charge in [0.25, 0.3) is 10.0 Å². The minimum atomic E-state index is -3.95. The third-order valence-electron chi connectivity index (χ3n) is 4.08. The fourth-order valence-corrected chi connectivity index (χ4v) is 5.16. The van der Waals surface area contributed by atoms with Crippen molar-refractivity contribution in [2.75, 3.05) is 4.72 Å². The Morgan fingerprint density at radius 2 is 1.83 bits per heavy atom. The number of hydrogen-bond donors (Lipinski definition) is 1. The quantitative estimate of drug-likeness (QED) is 0.412. The number of benzene rings is 3. The van der Waals surface area contributed by atoms with Crippen molar-refractivity contribution in [1.82, 2.24) is 10.3 Å². The molecular formula is C19H13ClFN3O3S2. The van der Waals surface area contributed by atoms with E-state index in [1.54, 1.807) is 48.5 Å². The van der Waals surface area contributed by atoms with Crippen molar-refractivity contribution in [2.45, 2.75) is 15.5 Å². The molecule has 0 aliphatic heterocycles. The van der Waals surface area contributed by atoms with Gasteiger partial charge in [0, 0.05) is 10.6 Å². The molecule has 4 rings (SSSR count). The molecule has 6 nitrogen and oxygen atoms in total. The van der Waals surface area contributed by atoms with E-state index in [1.807, 2.05) is 0 Å². The van der Waals surface area contributed by atoms with Crippen molar-refractivity contribution in [3.8, 4) is 0 Å². The maximum atomic E-state index is 14.1. The number of aromatic nitrogens is 2. The summed E-state index contributed by atoms with van der Waals surface area (Å²) >= 11 is 7.12. The van der Waals surface area contributed by atoms with E-state index in [2.05, 4.69) is 19.7 Å². The minimum Gasteiger partial charge on any atom is -0.278 e. The van der Waals surface area contributed by atoms with Crippen LogP contribution in [0.1, 0.15) is 5.56 Å². The molecule has 0 unspecified atom stereocenters. The molecule has 0 saturated carbocycles. The van der Waals surface area contributed by atoms with Gasteiger partial charge in [-0.15, -0.1) is 11.8 Å². The second-order valence-electron chi connectivity index (χ2n) is 5.99. The fraction of sp³-hybridized carbons (Fsp3) is 0.0526. The van der Waals surface area contributed by atoms with Gasteiger partial charge in [-0.1, -0.05) is 41.9 Å². The van der Waals surface area contributed by atoms with Crippen LogP contribution in [-0.4, -0.2) is 18.7 Å². The largest absolute Gasteiger partial charge is 0.278 e. The highest BCUT2D eigenvalue weighted by molar-refractivity contribution is 7.98. The maximum absolute atomic E-state index is 14.1. The zero-order chi connectivity index (χ0) is 20.4. The molecule has 0 fully saturated rings. The van der Waals surface area contributed by atoms with E-state index >= 15 is 0 Å². The molecule has 0 aliphatic carbocycles. The SMILES string of the molecule is O=S(=O)(Nc1ccccc1SCc1cccc(Cl)c1F)c1cccc2nonc12. The minimum absolute atomic E-state index is 0.0445. The fourth-order valence-electron chi connectivity index (χ4n) is 2.69. The van der Waals surface area contributed by atoms with E-state index in [-0.39, 0.29) is 21.2 Å². The number of sulfonamides is 1. The highest BCUT2D eigenvalue weighted by atomic mass is 35.5. The Labute approximate surface area is 175 Å². The Hall–Kier alpha value is -2.62. The van der Waals surface area contributed by atoms with Gasteiger partial charge in [0.2, 0.25) is 0 Å². The average Bonchev–Trinajstić information content (AvgIpc) is 3.18. The van der Waals surface area contributed by atoms with Gasteiger partial charge in [0.15, 0.2) is 5.52 Å². The number of anilines is 1. The molecule has 148 valence electrons. The molecule has 0 atom stereocenters. The summed E-state index contributed by atoms with van der Waals surface area (Å²) in [6.45, 7) is 0. The van der Waals surface area contributed by atoms with Gasteiger partial charge in [-0.3, -0.25) is 4.72 Å². The lowest BCUT2D eigenvalue weighted by atomic mass is 10.2. The van der Waals surface area contributed by atoms with Crippen LogP contribution >= 0.6 is 23.4 Å². The van der Waals surface area contributed by atoms with Gasteiger partial charge in [-0.25, -0.2) is 17.4 Å². The number of rotatable bonds is 6. The second-order valence-corrected chi connectivity index (χ2v) is 9.07. The number of para-hydroxylation sites is 1. The van der Waals surface area contributed by atoms with Crippen molar-refractivity contribution in [3.05, 3.63) is 77.1 Å². The lowest BCUT2D eigenvalue weighted by molar-refractivity contribution is 0.315. The van der Waals surface area contributed by atoms with Crippen LogP contribution in [0.2, 0.25) is 5.02 Å². The van der Waals surface area contributed by atoms with Gasteiger partial charge < -0.3 is 0 Å². The van der Waals surface area contributed by atoms with Crippen LogP contribution in [0.5, 0.6) is 0 Å². The third kappa shape index (κ3) is 4.07. The molecule has 1 N–H and O–H groups in total. The number of halogens is 2. The molecule has 3 aromatic carbocycles. The number of fused-ring (bicyclic) bond motifs is 1. The summed E-state index contributed by atoms with van der Waals surface area (Å²) in [6.07, 6.45) is 0. The summed E-state index contributed by atoms with van der Waals surface area (Å²) in [5.74, 6) is -0.196. The zero-order valence-electron chi connectivity index (χ0n) is 14.7. The molecule has 0 bridgehead atoms. The normalized spacial score (nSPS) is 11.7. The molecule has 0 radical (unpaired) electrons. The summed E-state index contributed by atoms with van der Waals surface area (Å²) in [6, 6.07) is 16.2. The monoisotopic (exact) mass is 449 g/mol. The predicted octanol–water partition coefficient (Wildman–Crippen LogP) is 5.11. The van der Waals surface area contributed by atoms with E-state index in [4.69, 9.17) is 11.6 Å². The molecule has 29 heavy (non-hydrogen) atoms. The number of nitrogens with one attached hydrogen (secondary N) is 1. The lowest BCUT2D eigenvalue weighted by Gasteiger charge is -2.13. The predicted molar refractivity (Wildman–Crippen MR) is 110 cm³/mol. The molecule has 0 amide bonds. The molecule has 4 aromatic rings. The van der Waals surface area contributed by atoms with E-state index in [9.17, 15) is 12.8 Å². The van der Waals surface area contributed by atoms with Crippen LogP contribution in [0, 0.1) is 5.82 Å². The first-order valence-electron chi connectivity index (χ1n) is 8.34. The van der Waals surface area contributed by atoms with E-state index < -0.39 is 15.8 Å². The Morgan fingerprint density at radius 3 is 2.69 bits per heavy atom. The van der Waals surface area contributed by atoms with Crippen molar-refractivity contribution >= 4 is 50.1 Å². The zero-order valence-corrected chi connectivity index (χ0v) is 17.1. The van der Waals surface area contributed by atoms with Crippen LogP contribution in [0.25, 0.3) is 11.0 Å². The molecule has 0 aliphatic rings. The summed E-state index contributed by atoms with van der Waals surface area (Å²) in [7, 11) is -3.95. The number of nitrogens with zero attached hydrogens (tertiary/aromatic N) is 2. The van der Waals surface area contributed by atoms with Crippen LogP contribution in [0.4, 0.5) is 10.1 Å². The molecular weight excluding hydrogens is 437 g/mol. The topological polar surface area (TPSA) is 85.1 Å². The number of thioether (sulfide) groups is 1. The van der Waals surface area contributed by atoms with Crippen molar-refractivity contribution in [3.63, 3.8) is 0 Å². The highest BCUT2D eigenvalue weighted by Gasteiger charge is 2.21. The second kappa shape index (κ2) is 8.02. The van der Waals surface area contributed by atoms with Crippen LogP contribution in [0.3, 0.4) is 0 Å². The summed E-state index contributed by atoms with van der Waals surface area (Å²) in [5.41, 5.74) is 1.28. The van der Waals surface area contributed by atoms with E-state index in [1.165, 1.54) is 23.9 Å². The van der Waals surface area contributed by atoms with Crippen LogP contribution in [-0.2, 0) is 15.8 Å². The summed E-state index contributed by atoms with van der Waals surface area (Å²) < 4.78 is 47.2. The number of hydrogen-bond acceptors (Lipinski definition) is 6. The third-order valence-corrected chi connectivity index (χ3v) is 6.90. The Morgan fingerprint density at radius 1 is 1.03 bits per heavy atom. The van der Waals surface area contributed by atoms with Gasteiger partial charge in [-0.2, -0.15) is 0 Å². The summed E-state index contributed by atoms with van der Waals surface area (Å²) in [5, 5.41) is 7.39. The van der Waals surface area contributed by atoms with Crippen LogP contribution < -0.4 is 4.72 Å². The molecule has 0 saturated heterocycles. The lowest BCUT2D eigenvalue weighted by Crippen LogP contribution is -2.14. The highest BCUT2D eigenvalue weighted by Crippen LogP contribution is 2.33. The molecule has 0 spiro atoms. The Kier molecular flexibility index (Phi) is 5.44. The van der Waals surface area contributed by atoms with Crippen molar-refractivity contribution < 1.29 is 17.4 Å². The van der Waals surface area contributed by atoms with Gasteiger partial charge in [-0.05, 0) is 46.2 Å². The Balaban J connectivity index is 1.61. The molecule has 10 heteroatoms. The first-order valence-corrected chi connectivity index (χ1v) is 11.2. The van der Waals surface area contributed by atoms with Crippen molar-refractivity contribution in [2.24, 2.45) is 0 Å². The first kappa shape index (κ1) is 19.7. The smallest absolute Gasteiger partial charge is 0.264 e. The first-order chi connectivity index (χ1) is 14.0. The van der Waals surface area contributed by atoms with Gasteiger partial charge in [0.05, 0.1) is 10.7 Å². The van der Waals surface area contributed by atoms with E-state index in [0.29, 0.717) is 21.7 Å². The van der Waals surface area contributed by atoms with Gasteiger partial charge in [0.1, 0.15) is 16.2 Å². The average molecular weight is 450 g/mol. The van der Waals surface area contributed by atoms with Crippen LogP contribution in [0.15, 0.2) is 75.1 Å².